The Labute approximate surface area is 215 Å². The van der Waals surface area contributed by atoms with E-state index in [2.05, 4.69) is 15.0 Å². The van der Waals surface area contributed by atoms with Gasteiger partial charge in [0.05, 0.1) is 11.1 Å². The van der Waals surface area contributed by atoms with Crippen LogP contribution in [0, 0.1) is 18.6 Å². The van der Waals surface area contributed by atoms with Crippen LogP contribution in [0.4, 0.5) is 14.5 Å². The fraction of sp³-hybridized carbons (Fsp3) is 0.379. The van der Waals surface area contributed by atoms with Crippen LogP contribution in [0.15, 0.2) is 47.0 Å². The molecule has 2 fully saturated rings. The van der Waals surface area contributed by atoms with Crippen LogP contribution in [0.25, 0.3) is 16.8 Å². The number of piperazine rings is 1. The van der Waals surface area contributed by atoms with Crippen molar-refractivity contribution in [2.24, 2.45) is 0 Å². The molecule has 1 saturated carbocycles. The van der Waals surface area contributed by atoms with E-state index in [1.54, 1.807) is 13.0 Å². The number of anilines is 1. The monoisotopic (exact) mass is 507 g/mol. The molecule has 0 unspecified atom stereocenters. The minimum atomic E-state index is -0.925. The molecule has 0 amide bonds. The van der Waals surface area contributed by atoms with Crippen molar-refractivity contribution in [3.8, 4) is 11.3 Å². The van der Waals surface area contributed by atoms with E-state index in [1.165, 1.54) is 18.2 Å². The third kappa shape index (κ3) is 5.16. The Morgan fingerprint density at radius 1 is 1.14 bits per heavy atom. The molecule has 2 aromatic carbocycles. The van der Waals surface area contributed by atoms with Crippen LogP contribution in [0.5, 0.6) is 0 Å². The number of carboxylic acids is 1. The molecule has 3 aromatic rings. The van der Waals surface area contributed by atoms with Gasteiger partial charge in [0.2, 0.25) is 0 Å². The first kappa shape index (κ1) is 25.1. The van der Waals surface area contributed by atoms with Crippen molar-refractivity contribution in [1.82, 2.24) is 10.1 Å². The number of halogens is 2. The van der Waals surface area contributed by atoms with E-state index < -0.39 is 17.6 Å². The van der Waals surface area contributed by atoms with Crippen molar-refractivity contribution in [2.45, 2.75) is 39.0 Å². The maximum atomic E-state index is 14.5. The molecule has 0 bridgehead atoms. The molecule has 0 atom stereocenters. The second-order valence-corrected chi connectivity index (χ2v) is 9.83. The summed E-state index contributed by atoms with van der Waals surface area (Å²) in [5.41, 5.74) is 4.05. The van der Waals surface area contributed by atoms with Gasteiger partial charge in [-0.15, -0.1) is 0 Å². The number of benzene rings is 2. The molecule has 8 heteroatoms. The normalized spacial score (nSPS) is 16.9. The Hall–Kier alpha value is -3.52. The smallest absolute Gasteiger partial charge is 0.335 e. The van der Waals surface area contributed by atoms with Crippen molar-refractivity contribution in [3.63, 3.8) is 0 Å². The number of hydrogen-bond acceptors (Lipinski definition) is 5. The van der Waals surface area contributed by atoms with Gasteiger partial charge in [0, 0.05) is 49.9 Å². The van der Waals surface area contributed by atoms with Crippen LogP contribution in [-0.4, -0.2) is 53.9 Å². The van der Waals surface area contributed by atoms with E-state index in [0.717, 1.165) is 73.7 Å². The summed E-state index contributed by atoms with van der Waals surface area (Å²) in [4.78, 5) is 16.2. The fourth-order valence-electron chi connectivity index (χ4n) is 5.19. The Balaban J connectivity index is 1.25. The summed E-state index contributed by atoms with van der Waals surface area (Å²) in [5.74, 6) is -1.12. The standard InChI is InChI=1S/C29H31F2N3O3/c1-3-21(29(35)36)22-10-9-20(17-18(22)2)34-15-13-33(14-16-34)12-11-23-27(32-37-28(23)19-7-8-19)26-24(30)5-4-6-25(26)31/h3-6,9-10,17,19H,7-8,11-16H2,1-2H3,(H,35,36)/b21-3+. The molecule has 2 heterocycles. The molecule has 1 saturated heterocycles. The van der Waals surface area contributed by atoms with Gasteiger partial charge in [0.25, 0.3) is 0 Å². The second kappa shape index (κ2) is 10.5. The maximum Gasteiger partial charge on any atom is 0.335 e. The first-order valence-corrected chi connectivity index (χ1v) is 12.8. The molecule has 6 nitrogen and oxygen atoms in total. The van der Waals surface area contributed by atoms with Crippen LogP contribution in [0.3, 0.4) is 0 Å². The zero-order valence-electron chi connectivity index (χ0n) is 21.1. The molecule has 1 aliphatic carbocycles. The van der Waals surface area contributed by atoms with Crippen molar-refractivity contribution >= 4 is 17.2 Å². The van der Waals surface area contributed by atoms with E-state index in [0.29, 0.717) is 17.9 Å². The van der Waals surface area contributed by atoms with Gasteiger partial charge < -0.3 is 14.5 Å². The number of nitrogens with zero attached hydrogens (tertiary/aromatic N) is 3. The topological polar surface area (TPSA) is 69.8 Å². The van der Waals surface area contributed by atoms with E-state index >= 15 is 0 Å². The average molecular weight is 508 g/mol. The molecule has 1 aromatic heterocycles. The molecule has 2 aliphatic rings. The lowest BCUT2D eigenvalue weighted by Crippen LogP contribution is -2.47. The predicted molar refractivity (Wildman–Crippen MR) is 139 cm³/mol. The Bertz CT molecular complexity index is 1320. The fourth-order valence-corrected chi connectivity index (χ4v) is 5.19. The Kier molecular flexibility index (Phi) is 7.11. The number of aliphatic carboxylic acids is 1. The Morgan fingerprint density at radius 3 is 2.43 bits per heavy atom. The van der Waals surface area contributed by atoms with Crippen LogP contribution in [0.1, 0.15) is 48.1 Å². The summed E-state index contributed by atoms with van der Waals surface area (Å²) in [7, 11) is 0. The van der Waals surface area contributed by atoms with Crippen molar-refractivity contribution in [3.05, 3.63) is 76.6 Å². The van der Waals surface area contributed by atoms with Crippen LogP contribution >= 0.6 is 0 Å². The molecule has 1 aliphatic heterocycles. The van der Waals surface area contributed by atoms with Gasteiger partial charge in [0.15, 0.2) is 0 Å². The molecule has 194 valence electrons. The average Bonchev–Trinajstić information content (AvgIpc) is 3.64. The highest BCUT2D eigenvalue weighted by Crippen LogP contribution is 2.44. The van der Waals surface area contributed by atoms with Gasteiger partial charge in [-0.3, -0.25) is 4.90 Å². The molecule has 5 rings (SSSR count). The number of carboxylic acid groups (broad SMARTS) is 1. The third-order valence-electron chi connectivity index (χ3n) is 7.40. The summed E-state index contributed by atoms with van der Waals surface area (Å²) in [5, 5.41) is 13.6. The first-order chi connectivity index (χ1) is 17.9. The van der Waals surface area contributed by atoms with E-state index in [1.807, 2.05) is 25.1 Å². The second-order valence-electron chi connectivity index (χ2n) is 9.83. The summed E-state index contributed by atoms with van der Waals surface area (Å²) in [6, 6.07) is 9.78. The van der Waals surface area contributed by atoms with Crippen molar-refractivity contribution in [1.29, 1.82) is 0 Å². The number of aromatic nitrogens is 1. The van der Waals surface area contributed by atoms with Crippen LogP contribution in [0.2, 0.25) is 0 Å². The van der Waals surface area contributed by atoms with Gasteiger partial charge in [0.1, 0.15) is 23.1 Å². The highest BCUT2D eigenvalue weighted by Gasteiger charge is 2.34. The quantitative estimate of drug-likeness (QED) is 0.397. The van der Waals surface area contributed by atoms with Crippen LogP contribution in [-0.2, 0) is 11.2 Å². The zero-order valence-corrected chi connectivity index (χ0v) is 21.1. The summed E-state index contributed by atoms with van der Waals surface area (Å²) >= 11 is 0. The van der Waals surface area contributed by atoms with Gasteiger partial charge >= 0.3 is 5.97 Å². The van der Waals surface area contributed by atoms with Gasteiger partial charge in [-0.1, -0.05) is 23.4 Å². The predicted octanol–water partition coefficient (Wildman–Crippen LogP) is 5.66. The SMILES string of the molecule is C/C=C(/C(=O)O)c1ccc(N2CCN(CCc3c(-c4c(F)cccc4F)noc3C3CC3)CC2)cc1C. The highest BCUT2D eigenvalue weighted by molar-refractivity contribution is 6.15. The number of carbonyl (C=O) groups is 1. The van der Waals surface area contributed by atoms with E-state index in [-0.39, 0.29) is 11.3 Å². The molecule has 37 heavy (non-hydrogen) atoms. The zero-order chi connectivity index (χ0) is 26.1. The summed E-state index contributed by atoms with van der Waals surface area (Å²) in [6.07, 6.45) is 4.27. The summed E-state index contributed by atoms with van der Waals surface area (Å²) in [6.45, 7) is 7.79. The minimum Gasteiger partial charge on any atom is -0.478 e. The molecular weight excluding hydrogens is 476 g/mol. The van der Waals surface area contributed by atoms with Crippen molar-refractivity contribution in [2.75, 3.05) is 37.6 Å². The number of allylic oxidation sites excluding steroid dienone is 1. The lowest BCUT2D eigenvalue weighted by molar-refractivity contribution is -0.130. The van der Waals surface area contributed by atoms with Gasteiger partial charge in [-0.25, -0.2) is 13.6 Å². The molecule has 1 N–H and O–H groups in total. The highest BCUT2D eigenvalue weighted by atomic mass is 19.1. The van der Waals surface area contributed by atoms with E-state index in [4.69, 9.17) is 4.52 Å². The third-order valence-corrected chi connectivity index (χ3v) is 7.40. The van der Waals surface area contributed by atoms with Gasteiger partial charge in [-0.05, 0) is 68.5 Å². The molecule has 0 radical (unpaired) electrons. The van der Waals surface area contributed by atoms with E-state index in [9.17, 15) is 18.7 Å². The first-order valence-electron chi connectivity index (χ1n) is 12.8. The number of aryl methyl sites for hydroxylation is 1. The lowest BCUT2D eigenvalue weighted by Gasteiger charge is -2.36. The number of rotatable bonds is 8. The largest absolute Gasteiger partial charge is 0.478 e. The maximum absolute atomic E-state index is 14.5. The summed E-state index contributed by atoms with van der Waals surface area (Å²) < 4.78 is 34.7. The lowest BCUT2D eigenvalue weighted by atomic mass is 9.99. The van der Waals surface area contributed by atoms with Gasteiger partial charge in [-0.2, -0.15) is 0 Å². The molecular formula is C29H31F2N3O3. The van der Waals surface area contributed by atoms with Crippen molar-refractivity contribution < 1.29 is 23.2 Å². The van der Waals surface area contributed by atoms with Crippen LogP contribution < -0.4 is 4.90 Å². The molecule has 0 spiro atoms. The Morgan fingerprint density at radius 2 is 1.84 bits per heavy atom. The number of hydrogen-bond donors (Lipinski definition) is 1. The minimum absolute atomic E-state index is 0.110.